The molecule has 0 heterocycles. The Morgan fingerprint density at radius 1 is 1.54 bits per heavy atom. The van der Waals surface area contributed by atoms with E-state index in [1.807, 2.05) is 7.05 Å². The van der Waals surface area contributed by atoms with Crippen LogP contribution in [0, 0.1) is 3.57 Å². The molecular formula is C10H11ClIN. The normalized spacial score (nSPS) is 20.4. The summed E-state index contributed by atoms with van der Waals surface area (Å²) >= 11 is 8.51. The molecule has 0 bridgehead atoms. The molecule has 1 N–H and O–H groups in total. The summed E-state index contributed by atoms with van der Waals surface area (Å²) in [4.78, 5) is 0. The van der Waals surface area contributed by atoms with Crippen molar-refractivity contribution in [1.29, 1.82) is 0 Å². The maximum Gasteiger partial charge on any atom is 0.0574 e. The molecule has 0 aliphatic heterocycles. The van der Waals surface area contributed by atoms with Crippen LogP contribution in [0.25, 0.3) is 0 Å². The van der Waals surface area contributed by atoms with Gasteiger partial charge in [-0.15, -0.1) is 0 Å². The molecule has 0 saturated carbocycles. The SMILES string of the molecule is CNC1CCc2c1ccc(I)c2Cl. The zero-order valence-corrected chi connectivity index (χ0v) is 10.3. The number of rotatable bonds is 1. The Kier molecular flexibility index (Phi) is 2.81. The second kappa shape index (κ2) is 3.75. The third-order valence-electron chi connectivity index (χ3n) is 2.64. The fourth-order valence-electron chi connectivity index (χ4n) is 1.93. The van der Waals surface area contributed by atoms with Crippen molar-refractivity contribution < 1.29 is 0 Å². The van der Waals surface area contributed by atoms with Crippen LogP contribution in [0.3, 0.4) is 0 Å². The van der Waals surface area contributed by atoms with E-state index in [2.05, 4.69) is 40.0 Å². The highest BCUT2D eigenvalue weighted by Gasteiger charge is 2.23. The summed E-state index contributed by atoms with van der Waals surface area (Å²) in [6.45, 7) is 0. The maximum absolute atomic E-state index is 6.23. The molecule has 1 nitrogen and oxygen atoms in total. The second-order valence-corrected chi connectivity index (χ2v) is 4.85. The highest BCUT2D eigenvalue weighted by molar-refractivity contribution is 14.1. The van der Waals surface area contributed by atoms with Gasteiger partial charge in [0.15, 0.2) is 0 Å². The van der Waals surface area contributed by atoms with E-state index < -0.39 is 0 Å². The monoisotopic (exact) mass is 307 g/mol. The van der Waals surface area contributed by atoms with Crippen LogP contribution in [0.4, 0.5) is 0 Å². The first kappa shape index (κ1) is 9.74. The molecule has 1 atom stereocenters. The molecule has 2 rings (SSSR count). The van der Waals surface area contributed by atoms with E-state index in [0.29, 0.717) is 6.04 Å². The molecule has 1 aromatic rings. The molecule has 1 aromatic carbocycles. The van der Waals surface area contributed by atoms with Gasteiger partial charge in [-0.1, -0.05) is 17.7 Å². The number of fused-ring (bicyclic) bond motifs is 1. The summed E-state index contributed by atoms with van der Waals surface area (Å²) in [6, 6.07) is 4.79. The Labute approximate surface area is 97.0 Å². The van der Waals surface area contributed by atoms with Crippen LogP contribution in [-0.4, -0.2) is 7.05 Å². The van der Waals surface area contributed by atoms with E-state index >= 15 is 0 Å². The molecule has 1 aliphatic rings. The van der Waals surface area contributed by atoms with Gasteiger partial charge in [-0.05, 0) is 59.7 Å². The van der Waals surface area contributed by atoms with Crippen LogP contribution >= 0.6 is 34.2 Å². The minimum Gasteiger partial charge on any atom is -0.313 e. The van der Waals surface area contributed by atoms with Gasteiger partial charge in [0.05, 0.1) is 5.02 Å². The molecule has 70 valence electrons. The van der Waals surface area contributed by atoms with Gasteiger partial charge in [0.2, 0.25) is 0 Å². The molecule has 0 fully saturated rings. The predicted molar refractivity (Wildman–Crippen MR) is 64.3 cm³/mol. The van der Waals surface area contributed by atoms with Crippen molar-refractivity contribution in [3.05, 3.63) is 31.9 Å². The largest absolute Gasteiger partial charge is 0.313 e. The quantitative estimate of drug-likeness (QED) is 0.786. The van der Waals surface area contributed by atoms with Gasteiger partial charge >= 0.3 is 0 Å². The molecule has 1 unspecified atom stereocenters. The first-order chi connectivity index (χ1) is 6.24. The van der Waals surface area contributed by atoms with Gasteiger partial charge in [-0.2, -0.15) is 0 Å². The average molecular weight is 308 g/mol. The number of hydrogen-bond acceptors (Lipinski definition) is 1. The van der Waals surface area contributed by atoms with Crippen LogP contribution < -0.4 is 5.32 Å². The van der Waals surface area contributed by atoms with Gasteiger partial charge in [-0.3, -0.25) is 0 Å². The lowest BCUT2D eigenvalue weighted by molar-refractivity contribution is 0.590. The lowest BCUT2D eigenvalue weighted by atomic mass is 10.1. The van der Waals surface area contributed by atoms with Gasteiger partial charge in [0, 0.05) is 9.61 Å². The fraction of sp³-hybridized carbons (Fsp3) is 0.400. The minimum absolute atomic E-state index is 0.504. The van der Waals surface area contributed by atoms with Crippen LogP contribution in [-0.2, 0) is 6.42 Å². The number of benzene rings is 1. The van der Waals surface area contributed by atoms with Crippen molar-refractivity contribution >= 4 is 34.2 Å². The average Bonchev–Trinajstić information content (AvgIpc) is 2.55. The molecule has 13 heavy (non-hydrogen) atoms. The van der Waals surface area contributed by atoms with E-state index in [1.165, 1.54) is 17.5 Å². The summed E-state index contributed by atoms with van der Waals surface area (Å²) in [5.74, 6) is 0. The second-order valence-electron chi connectivity index (χ2n) is 3.31. The number of halogens is 2. The topological polar surface area (TPSA) is 12.0 Å². The van der Waals surface area contributed by atoms with Crippen molar-refractivity contribution in [3.8, 4) is 0 Å². The van der Waals surface area contributed by atoms with E-state index in [9.17, 15) is 0 Å². The molecule has 3 heteroatoms. The van der Waals surface area contributed by atoms with Crippen molar-refractivity contribution in [2.75, 3.05) is 7.05 Å². The first-order valence-electron chi connectivity index (χ1n) is 4.38. The van der Waals surface area contributed by atoms with Crippen molar-refractivity contribution in [1.82, 2.24) is 5.32 Å². The summed E-state index contributed by atoms with van der Waals surface area (Å²) < 4.78 is 1.16. The zero-order valence-electron chi connectivity index (χ0n) is 7.40. The molecule has 1 aliphatic carbocycles. The lowest BCUT2D eigenvalue weighted by Gasteiger charge is -2.10. The molecule has 0 amide bonds. The molecule has 0 aromatic heterocycles. The summed E-state index contributed by atoms with van der Waals surface area (Å²) in [7, 11) is 2.01. The highest BCUT2D eigenvalue weighted by atomic mass is 127. The number of hydrogen-bond donors (Lipinski definition) is 1. The van der Waals surface area contributed by atoms with Crippen LogP contribution in [0.15, 0.2) is 12.1 Å². The molecule has 0 radical (unpaired) electrons. The van der Waals surface area contributed by atoms with Crippen LogP contribution in [0.5, 0.6) is 0 Å². The maximum atomic E-state index is 6.23. The van der Waals surface area contributed by atoms with Gasteiger partial charge in [0.1, 0.15) is 0 Å². The van der Waals surface area contributed by atoms with Crippen LogP contribution in [0.2, 0.25) is 5.02 Å². The lowest BCUT2D eigenvalue weighted by Crippen LogP contribution is -2.12. The van der Waals surface area contributed by atoms with E-state index in [4.69, 9.17) is 11.6 Å². The summed E-state index contributed by atoms with van der Waals surface area (Å²) in [6.07, 6.45) is 2.28. The zero-order chi connectivity index (χ0) is 9.42. The predicted octanol–water partition coefficient (Wildman–Crippen LogP) is 3.15. The Morgan fingerprint density at radius 3 is 3.00 bits per heavy atom. The van der Waals surface area contributed by atoms with E-state index in [-0.39, 0.29) is 0 Å². The third-order valence-corrected chi connectivity index (χ3v) is 4.29. The summed E-state index contributed by atoms with van der Waals surface area (Å²) in [5.41, 5.74) is 2.72. The van der Waals surface area contributed by atoms with Crippen molar-refractivity contribution in [2.24, 2.45) is 0 Å². The Balaban J connectivity index is 2.50. The Bertz CT molecular complexity index is 338. The van der Waals surface area contributed by atoms with E-state index in [1.54, 1.807) is 0 Å². The molecular weight excluding hydrogens is 296 g/mol. The Hall–Kier alpha value is 0.200. The standard InChI is InChI=1S/C10H11ClIN/c1-13-9-5-3-7-6(9)2-4-8(12)10(7)11/h2,4,9,13H,3,5H2,1H3. The van der Waals surface area contributed by atoms with Crippen molar-refractivity contribution in [3.63, 3.8) is 0 Å². The first-order valence-corrected chi connectivity index (χ1v) is 5.83. The van der Waals surface area contributed by atoms with Gasteiger partial charge in [-0.25, -0.2) is 0 Å². The number of nitrogens with one attached hydrogen (secondary N) is 1. The smallest absolute Gasteiger partial charge is 0.0574 e. The highest BCUT2D eigenvalue weighted by Crippen LogP contribution is 2.37. The van der Waals surface area contributed by atoms with Gasteiger partial charge in [0.25, 0.3) is 0 Å². The van der Waals surface area contributed by atoms with E-state index in [0.717, 1.165) is 15.0 Å². The van der Waals surface area contributed by atoms with Crippen molar-refractivity contribution in [2.45, 2.75) is 18.9 Å². The summed E-state index contributed by atoms with van der Waals surface area (Å²) in [5, 5.41) is 4.26. The minimum atomic E-state index is 0.504. The molecule has 0 saturated heterocycles. The molecule has 0 spiro atoms. The fourth-order valence-corrected chi connectivity index (χ4v) is 2.70. The van der Waals surface area contributed by atoms with Gasteiger partial charge < -0.3 is 5.32 Å². The Morgan fingerprint density at radius 2 is 2.31 bits per heavy atom. The third kappa shape index (κ3) is 1.60. The van der Waals surface area contributed by atoms with Crippen LogP contribution in [0.1, 0.15) is 23.6 Å².